The predicted molar refractivity (Wildman–Crippen MR) is 229 cm³/mol. The van der Waals surface area contributed by atoms with E-state index in [0.717, 1.165) is 17.8 Å². The number of benzene rings is 7. The molecule has 1 aromatic heterocycles. The van der Waals surface area contributed by atoms with Crippen LogP contribution in [0.3, 0.4) is 0 Å². The number of rotatable bonds is 6. The Labute approximate surface area is 318 Å². The summed E-state index contributed by atoms with van der Waals surface area (Å²) in [7, 11) is 0. The highest BCUT2D eigenvalue weighted by atomic mass is 15.1. The second-order valence-corrected chi connectivity index (χ2v) is 15.4. The second kappa shape index (κ2) is 12.6. The minimum absolute atomic E-state index is 0.0280. The van der Waals surface area contributed by atoms with Crippen molar-refractivity contribution in [3.8, 4) is 27.9 Å². The van der Waals surface area contributed by atoms with Crippen LogP contribution in [0.1, 0.15) is 38.3 Å². The van der Waals surface area contributed by atoms with E-state index in [4.69, 9.17) is 0 Å². The molecule has 2 aliphatic carbocycles. The van der Waals surface area contributed by atoms with E-state index >= 15 is 0 Å². The Morgan fingerprint density at radius 3 is 1.83 bits per heavy atom. The summed E-state index contributed by atoms with van der Waals surface area (Å²) >= 11 is 0. The quantitative estimate of drug-likeness (QED) is 0.168. The van der Waals surface area contributed by atoms with E-state index < -0.39 is 0 Å². The summed E-state index contributed by atoms with van der Waals surface area (Å²) in [6, 6.07) is 62.2. The first-order valence-corrected chi connectivity index (χ1v) is 19.2. The normalized spacial score (nSPS) is 15.8. The van der Waals surface area contributed by atoms with Crippen LogP contribution in [0, 0.1) is 5.92 Å². The topological polar surface area (TPSA) is 8.17 Å². The number of hydrogen-bond acceptors (Lipinski definition) is 1. The lowest BCUT2D eigenvalue weighted by Gasteiger charge is -2.31. The van der Waals surface area contributed by atoms with Gasteiger partial charge in [-0.05, 0) is 124 Å². The molecule has 0 aliphatic heterocycles. The average molecular weight is 695 g/mol. The Balaban J connectivity index is 1.06. The maximum atomic E-state index is 2.45. The Kier molecular flexibility index (Phi) is 7.56. The fraction of sp³-hybridized carbons (Fsp3) is 0.115. The van der Waals surface area contributed by atoms with Gasteiger partial charge in [-0.15, -0.1) is 0 Å². The number of anilines is 3. The molecule has 7 aromatic carbocycles. The van der Waals surface area contributed by atoms with E-state index in [1.165, 1.54) is 72.1 Å². The van der Waals surface area contributed by atoms with Crippen molar-refractivity contribution in [3.05, 3.63) is 199 Å². The minimum Gasteiger partial charge on any atom is -0.310 e. The maximum Gasteiger partial charge on any atom is 0.0541 e. The number of fused-ring (bicyclic) bond motifs is 5. The Hall–Kier alpha value is -6.38. The number of para-hydroxylation sites is 2. The molecule has 0 saturated heterocycles. The molecule has 1 heterocycles. The van der Waals surface area contributed by atoms with Gasteiger partial charge in [0.2, 0.25) is 0 Å². The maximum absolute atomic E-state index is 2.45. The van der Waals surface area contributed by atoms with E-state index in [-0.39, 0.29) is 5.41 Å². The Morgan fingerprint density at radius 1 is 0.537 bits per heavy atom. The number of aromatic nitrogens is 1. The first-order valence-electron chi connectivity index (χ1n) is 19.2. The van der Waals surface area contributed by atoms with Crippen LogP contribution in [0.15, 0.2) is 188 Å². The molecule has 0 bridgehead atoms. The molecule has 1 atom stereocenters. The van der Waals surface area contributed by atoms with Gasteiger partial charge in [-0.3, -0.25) is 0 Å². The summed E-state index contributed by atoms with van der Waals surface area (Å²) in [5.41, 5.74) is 17.7. The van der Waals surface area contributed by atoms with Crippen LogP contribution in [0.5, 0.6) is 0 Å². The smallest absolute Gasteiger partial charge is 0.0541 e. The van der Waals surface area contributed by atoms with Gasteiger partial charge in [0.15, 0.2) is 0 Å². The van der Waals surface area contributed by atoms with Gasteiger partial charge < -0.3 is 9.47 Å². The first kappa shape index (κ1) is 32.3. The third-order valence-corrected chi connectivity index (χ3v) is 11.8. The monoisotopic (exact) mass is 694 g/mol. The summed E-state index contributed by atoms with van der Waals surface area (Å²) in [4.78, 5) is 2.42. The van der Waals surface area contributed by atoms with Crippen molar-refractivity contribution < 1.29 is 0 Å². The van der Waals surface area contributed by atoms with E-state index in [0.29, 0.717) is 5.92 Å². The molecule has 2 nitrogen and oxygen atoms in total. The van der Waals surface area contributed by atoms with Crippen molar-refractivity contribution in [2.75, 3.05) is 4.90 Å². The fourth-order valence-corrected chi connectivity index (χ4v) is 9.31. The second-order valence-electron chi connectivity index (χ2n) is 15.4. The fourth-order valence-electron chi connectivity index (χ4n) is 9.31. The number of allylic oxidation sites excluding steroid dienone is 4. The van der Waals surface area contributed by atoms with Crippen molar-refractivity contribution >= 4 is 44.4 Å². The zero-order valence-electron chi connectivity index (χ0n) is 31.0. The molecule has 54 heavy (non-hydrogen) atoms. The highest BCUT2D eigenvalue weighted by molar-refractivity contribution is 6.10. The van der Waals surface area contributed by atoms with Crippen LogP contribution >= 0.6 is 0 Å². The molecule has 0 amide bonds. The Morgan fingerprint density at radius 2 is 1.11 bits per heavy atom. The highest BCUT2D eigenvalue weighted by Crippen LogP contribution is 2.53. The standard InChI is InChI=1S/C52H42N2/c1-35-13-12-19-46-44-31-30-43(34-48(44)52(2,3)51(35)46)53(41-26-21-37(22-27-41)36-14-6-4-7-15-36)42-28-23-38(24-29-42)39-25-32-50-47(33-39)45-18-10-11-20-49(45)54(50)40-16-8-5-9-17-40/h4-12,14-35H,13H2,1-3H3. The third-order valence-electron chi connectivity index (χ3n) is 11.8. The lowest BCUT2D eigenvalue weighted by molar-refractivity contribution is 0.530. The van der Waals surface area contributed by atoms with Gasteiger partial charge in [-0.25, -0.2) is 0 Å². The zero-order chi connectivity index (χ0) is 36.4. The summed E-state index contributed by atoms with van der Waals surface area (Å²) in [6.07, 6.45) is 5.82. The summed E-state index contributed by atoms with van der Waals surface area (Å²) in [5, 5.41) is 2.53. The van der Waals surface area contributed by atoms with Crippen LogP contribution in [-0.2, 0) is 5.41 Å². The SMILES string of the molecule is CC1CC=CC2=C1C(C)(C)c1cc(N(c3ccc(-c4ccccc4)cc3)c3ccc(-c4ccc5c(c4)c4ccccc4n5-c4ccccc4)cc3)ccc12. The molecule has 0 fully saturated rings. The van der Waals surface area contributed by atoms with Gasteiger partial charge in [-0.2, -0.15) is 0 Å². The molecule has 1 unspecified atom stereocenters. The lowest BCUT2D eigenvalue weighted by atomic mass is 9.74. The molecular weight excluding hydrogens is 653 g/mol. The molecule has 0 radical (unpaired) electrons. The van der Waals surface area contributed by atoms with Gasteiger partial charge >= 0.3 is 0 Å². The molecule has 2 heteroatoms. The van der Waals surface area contributed by atoms with Crippen molar-refractivity contribution in [3.63, 3.8) is 0 Å². The number of hydrogen-bond donors (Lipinski definition) is 0. The molecular formula is C52H42N2. The minimum atomic E-state index is -0.0280. The summed E-state index contributed by atoms with van der Waals surface area (Å²) in [6.45, 7) is 7.21. The van der Waals surface area contributed by atoms with E-state index in [2.05, 4.69) is 212 Å². The molecule has 0 N–H and O–H groups in total. The molecule has 0 saturated carbocycles. The van der Waals surface area contributed by atoms with Crippen molar-refractivity contribution in [2.45, 2.75) is 32.6 Å². The van der Waals surface area contributed by atoms with Gasteiger partial charge in [0, 0.05) is 38.9 Å². The van der Waals surface area contributed by atoms with Crippen LogP contribution in [0.4, 0.5) is 17.1 Å². The van der Waals surface area contributed by atoms with Crippen LogP contribution in [0.25, 0.3) is 55.3 Å². The van der Waals surface area contributed by atoms with Gasteiger partial charge in [-0.1, -0.05) is 136 Å². The summed E-state index contributed by atoms with van der Waals surface area (Å²) < 4.78 is 2.37. The zero-order valence-corrected chi connectivity index (χ0v) is 31.0. The van der Waals surface area contributed by atoms with Gasteiger partial charge in [0.05, 0.1) is 11.0 Å². The average Bonchev–Trinajstić information content (AvgIpc) is 3.67. The lowest BCUT2D eigenvalue weighted by Crippen LogP contribution is -2.22. The van der Waals surface area contributed by atoms with Crippen LogP contribution < -0.4 is 4.90 Å². The van der Waals surface area contributed by atoms with E-state index in [1.54, 1.807) is 5.57 Å². The van der Waals surface area contributed by atoms with Crippen molar-refractivity contribution in [1.29, 1.82) is 0 Å². The molecule has 0 spiro atoms. The van der Waals surface area contributed by atoms with E-state index in [9.17, 15) is 0 Å². The molecule has 10 rings (SSSR count). The predicted octanol–water partition coefficient (Wildman–Crippen LogP) is 14.2. The van der Waals surface area contributed by atoms with Gasteiger partial charge in [0.1, 0.15) is 0 Å². The van der Waals surface area contributed by atoms with Gasteiger partial charge in [0.25, 0.3) is 0 Å². The molecule has 260 valence electrons. The number of nitrogens with zero attached hydrogens (tertiary/aromatic N) is 2. The summed E-state index contributed by atoms with van der Waals surface area (Å²) in [5.74, 6) is 0.541. The van der Waals surface area contributed by atoms with Crippen molar-refractivity contribution in [2.24, 2.45) is 5.92 Å². The van der Waals surface area contributed by atoms with E-state index in [1.807, 2.05) is 0 Å². The molecule has 8 aromatic rings. The first-order chi connectivity index (χ1) is 26.5. The largest absolute Gasteiger partial charge is 0.310 e. The highest BCUT2D eigenvalue weighted by Gasteiger charge is 2.40. The Bertz CT molecular complexity index is 2750. The van der Waals surface area contributed by atoms with Crippen LogP contribution in [-0.4, -0.2) is 4.57 Å². The van der Waals surface area contributed by atoms with Crippen molar-refractivity contribution in [1.82, 2.24) is 4.57 Å². The third kappa shape index (κ3) is 5.16. The molecule has 2 aliphatic rings. The van der Waals surface area contributed by atoms with Crippen LogP contribution in [0.2, 0.25) is 0 Å².